The molecular weight excluding hydrogens is 294 g/mol. The summed E-state index contributed by atoms with van der Waals surface area (Å²) >= 11 is 0. The molecule has 0 bridgehead atoms. The zero-order valence-corrected chi connectivity index (χ0v) is 13.3. The minimum Gasteiger partial charge on any atom is -0.465 e. The van der Waals surface area contributed by atoms with Gasteiger partial charge in [0.25, 0.3) is 10.2 Å². The molecule has 2 saturated heterocycles. The Hall–Kier alpha value is -0.700. The Morgan fingerprint density at radius 2 is 2.05 bits per heavy atom. The van der Waals surface area contributed by atoms with Gasteiger partial charge in [-0.05, 0) is 51.6 Å². The van der Waals surface area contributed by atoms with Crippen LogP contribution >= 0.6 is 0 Å². The fraction of sp³-hybridized carbons (Fsp3) is 0.923. The summed E-state index contributed by atoms with van der Waals surface area (Å²) in [5.74, 6) is -0.0769. The van der Waals surface area contributed by atoms with Gasteiger partial charge in [-0.1, -0.05) is 0 Å². The van der Waals surface area contributed by atoms with Crippen molar-refractivity contribution < 1.29 is 17.9 Å². The van der Waals surface area contributed by atoms with Gasteiger partial charge in [0, 0.05) is 13.1 Å². The molecule has 1 atom stereocenters. The Bertz CT molecular complexity index is 448. The second kappa shape index (κ2) is 7.53. The maximum absolute atomic E-state index is 12.4. The number of piperidine rings is 1. The van der Waals surface area contributed by atoms with Crippen LogP contribution in [0.3, 0.4) is 0 Å². The van der Waals surface area contributed by atoms with Crippen molar-refractivity contribution in [3.8, 4) is 0 Å². The standard InChI is InChI=1S/C13H25N3O4S/c1-2-20-13(17)12-4-3-9-16(12)21(18,19)15-10-11-5-7-14-8-6-11/h11-12,14-15H,2-10H2,1H3. The summed E-state index contributed by atoms with van der Waals surface area (Å²) in [4.78, 5) is 11.8. The van der Waals surface area contributed by atoms with E-state index >= 15 is 0 Å². The highest BCUT2D eigenvalue weighted by molar-refractivity contribution is 7.87. The summed E-state index contributed by atoms with van der Waals surface area (Å²) in [5.41, 5.74) is 0. The van der Waals surface area contributed by atoms with Crippen LogP contribution in [0.4, 0.5) is 0 Å². The maximum atomic E-state index is 12.4. The Morgan fingerprint density at radius 1 is 1.33 bits per heavy atom. The van der Waals surface area contributed by atoms with E-state index in [1.54, 1.807) is 6.92 Å². The monoisotopic (exact) mass is 319 g/mol. The molecular formula is C13H25N3O4S. The summed E-state index contributed by atoms with van der Waals surface area (Å²) in [6.45, 7) is 4.68. The van der Waals surface area contributed by atoms with E-state index in [1.807, 2.05) is 0 Å². The molecule has 2 heterocycles. The van der Waals surface area contributed by atoms with E-state index in [0.717, 1.165) is 25.9 Å². The minimum absolute atomic E-state index is 0.270. The average Bonchev–Trinajstić information content (AvgIpc) is 2.97. The van der Waals surface area contributed by atoms with Crippen molar-refractivity contribution in [1.82, 2.24) is 14.3 Å². The van der Waals surface area contributed by atoms with Crippen LogP contribution < -0.4 is 10.0 Å². The van der Waals surface area contributed by atoms with Gasteiger partial charge < -0.3 is 10.1 Å². The van der Waals surface area contributed by atoms with Crippen molar-refractivity contribution in [2.45, 2.75) is 38.6 Å². The third-order valence-corrected chi connectivity index (χ3v) is 5.67. The first-order valence-electron chi connectivity index (χ1n) is 7.68. The van der Waals surface area contributed by atoms with E-state index in [1.165, 1.54) is 4.31 Å². The van der Waals surface area contributed by atoms with Crippen molar-refractivity contribution in [1.29, 1.82) is 0 Å². The third-order valence-electron chi connectivity index (χ3n) is 4.08. The lowest BCUT2D eigenvalue weighted by Crippen LogP contribution is -2.48. The molecule has 122 valence electrons. The molecule has 2 fully saturated rings. The van der Waals surface area contributed by atoms with Crippen LogP contribution in [0.25, 0.3) is 0 Å². The highest BCUT2D eigenvalue weighted by atomic mass is 32.2. The fourth-order valence-electron chi connectivity index (χ4n) is 2.89. The van der Waals surface area contributed by atoms with Crippen LogP contribution in [0.1, 0.15) is 32.6 Å². The van der Waals surface area contributed by atoms with E-state index in [2.05, 4.69) is 10.0 Å². The van der Waals surface area contributed by atoms with Gasteiger partial charge >= 0.3 is 5.97 Å². The van der Waals surface area contributed by atoms with Gasteiger partial charge in [-0.15, -0.1) is 0 Å². The minimum atomic E-state index is -3.61. The summed E-state index contributed by atoms with van der Waals surface area (Å²) in [7, 11) is -3.61. The van der Waals surface area contributed by atoms with Gasteiger partial charge in [-0.25, -0.2) is 4.72 Å². The van der Waals surface area contributed by atoms with Crippen LogP contribution in [0, 0.1) is 5.92 Å². The van der Waals surface area contributed by atoms with E-state index < -0.39 is 22.2 Å². The molecule has 0 aromatic carbocycles. The van der Waals surface area contributed by atoms with Gasteiger partial charge in [0.2, 0.25) is 0 Å². The Kier molecular flexibility index (Phi) is 5.98. The smallest absolute Gasteiger partial charge is 0.324 e. The van der Waals surface area contributed by atoms with Crippen molar-refractivity contribution in [2.75, 3.05) is 32.8 Å². The molecule has 7 nitrogen and oxygen atoms in total. The number of carbonyl (C=O) groups excluding carboxylic acids is 1. The second-order valence-corrected chi connectivity index (χ2v) is 7.28. The number of hydrogen-bond donors (Lipinski definition) is 2. The quantitative estimate of drug-likeness (QED) is 0.665. The van der Waals surface area contributed by atoms with Crippen LogP contribution in [-0.2, 0) is 19.7 Å². The highest BCUT2D eigenvalue weighted by Gasteiger charge is 2.39. The summed E-state index contributed by atoms with van der Waals surface area (Å²) in [6.07, 6.45) is 3.18. The molecule has 0 aliphatic carbocycles. The molecule has 21 heavy (non-hydrogen) atoms. The van der Waals surface area contributed by atoms with Gasteiger partial charge in [-0.2, -0.15) is 12.7 Å². The largest absolute Gasteiger partial charge is 0.465 e. The number of esters is 1. The molecule has 2 aliphatic rings. The zero-order valence-electron chi connectivity index (χ0n) is 12.5. The molecule has 0 saturated carbocycles. The van der Waals surface area contributed by atoms with E-state index in [9.17, 15) is 13.2 Å². The first-order chi connectivity index (χ1) is 10.0. The number of ether oxygens (including phenoxy) is 1. The number of hydrogen-bond acceptors (Lipinski definition) is 5. The SMILES string of the molecule is CCOC(=O)C1CCCN1S(=O)(=O)NCC1CCNCC1. The maximum Gasteiger partial charge on any atom is 0.324 e. The summed E-state index contributed by atoms with van der Waals surface area (Å²) < 4.78 is 33.7. The van der Waals surface area contributed by atoms with Gasteiger partial charge in [0.1, 0.15) is 6.04 Å². The van der Waals surface area contributed by atoms with Crippen molar-refractivity contribution in [3.05, 3.63) is 0 Å². The number of nitrogens with one attached hydrogen (secondary N) is 2. The molecule has 0 amide bonds. The van der Waals surface area contributed by atoms with E-state index in [0.29, 0.717) is 31.8 Å². The van der Waals surface area contributed by atoms with Crippen LogP contribution in [-0.4, -0.2) is 57.5 Å². The first kappa shape index (κ1) is 16.7. The molecule has 0 aromatic heterocycles. The van der Waals surface area contributed by atoms with Crippen LogP contribution in [0.2, 0.25) is 0 Å². The van der Waals surface area contributed by atoms with Crippen molar-refractivity contribution in [3.63, 3.8) is 0 Å². The van der Waals surface area contributed by atoms with Crippen LogP contribution in [0.15, 0.2) is 0 Å². The molecule has 0 spiro atoms. The lowest BCUT2D eigenvalue weighted by atomic mass is 9.99. The lowest BCUT2D eigenvalue weighted by molar-refractivity contribution is -0.146. The normalized spacial score (nSPS) is 25.1. The number of rotatable bonds is 6. The molecule has 2 N–H and O–H groups in total. The Balaban J connectivity index is 1.92. The molecule has 2 rings (SSSR count). The fourth-order valence-corrected chi connectivity index (χ4v) is 4.40. The predicted octanol–water partition coefficient (Wildman–Crippen LogP) is -0.152. The van der Waals surface area contributed by atoms with Gasteiger partial charge in [-0.3, -0.25) is 4.79 Å². The van der Waals surface area contributed by atoms with Crippen molar-refractivity contribution >= 4 is 16.2 Å². The van der Waals surface area contributed by atoms with Crippen LogP contribution in [0.5, 0.6) is 0 Å². The average molecular weight is 319 g/mol. The Labute approximate surface area is 126 Å². The first-order valence-corrected chi connectivity index (χ1v) is 9.12. The van der Waals surface area contributed by atoms with Crippen molar-refractivity contribution in [2.24, 2.45) is 5.92 Å². The lowest BCUT2D eigenvalue weighted by Gasteiger charge is -2.26. The molecule has 0 aromatic rings. The summed E-state index contributed by atoms with van der Waals surface area (Å²) in [5, 5.41) is 3.25. The Morgan fingerprint density at radius 3 is 2.71 bits per heavy atom. The predicted molar refractivity (Wildman–Crippen MR) is 78.9 cm³/mol. The number of carbonyl (C=O) groups is 1. The number of nitrogens with zero attached hydrogens (tertiary/aromatic N) is 1. The molecule has 8 heteroatoms. The zero-order chi connectivity index (χ0) is 15.3. The molecule has 0 radical (unpaired) electrons. The van der Waals surface area contributed by atoms with Gasteiger partial charge in [0.15, 0.2) is 0 Å². The second-order valence-electron chi connectivity index (χ2n) is 5.57. The topological polar surface area (TPSA) is 87.7 Å². The molecule has 2 aliphatic heterocycles. The molecule has 1 unspecified atom stereocenters. The summed E-state index contributed by atoms with van der Waals surface area (Å²) in [6, 6.07) is -0.671. The van der Waals surface area contributed by atoms with E-state index in [-0.39, 0.29) is 6.61 Å². The van der Waals surface area contributed by atoms with Gasteiger partial charge in [0.05, 0.1) is 6.61 Å². The third kappa shape index (κ3) is 4.38. The highest BCUT2D eigenvalue weighted by Crippen LogP contribution is 2.22. The van der Waals surface area contributed by atoms with E-state index in [4.69, 9.17) is 4.74 Å².